The molecule has 1 heterocycles. The molecule has 140 valence electrons. The molecule has 0 radical (unpaired) electrons. The summed E-state index contributed by atoms with van der Waals surface area (Å²) < 4.78 is 23.9. The highest BCUT2D eigenvalue weighted by atomic mass is 32.2. The number of amides is 1. The number of carbonyl (C=O) groups excluding carboxylic acids is 1. The summed E-state index contributed by atoms with van der Waals surface area (Å²) >= 11 is 0. The fourth-order valence-electron chi connectivity index (χ4n) is 3.36. The van der Waals surface area contributed by atoms with Crippen LogP contribution >= 0.6 is 0 Å². The van der Waals surface area contributed by atoms with Crippen molar-refractivity contribution in [1.29, 1.82) is 0 Å². The number of nitrogens with one attached hydrogen (secondary N) is 1. The van der Waals surface area contributed by atoms with Crippen LogP contribution in [0.5, 0.6) is 0 Å². The molecule has 0 unspecified atom stereocenters. The van der Waals surface area contributed by atoms with E-state index in [2.05, 4.69) is 4.98 Å². The first-order valence-electron chi connectivity index (χ1n) is 8.65. The van der Waals surface area contributed by atoms with Gasteiger partial charge in [-0.25, -0.2) is 8.42 Å². The van der Waals surface area contributed by atoms with Crippen LogP contribution in [0.1, 0.15) is 10.4 Å². The van der Waals surface area contributed by atoms with Gasteiger partial charge in [0.25, 0.3) is 5.91 Å². The summed E-state index contributed by atoms with van der Waals surface area (Å²) in [5, 5.41) is 0.806. The second-order valence-corrected chi connectivity index (χ2v) is 8.69. The van der Waals surface area contributed by atoms with Crippen molar-refractivity contribution >= 4 is 26.6 Å². The molecule has 0 aliphatic rings. The summed E-state index contributed by atoms with van der Waals surface area (Å²) in [5.41, 5.74) is 10.0. The highest BCUT2D eigenvalue weighted by Crippen LogP contribution is 2.35. The number of aromatic nitrogens is 1. The number of hydrogen-bond acceptors (Lipinski definition) is 3. The maximum absolute atomic E-state index is 12.1. The Kier molecular flexibility index (Phi) is 4.28. The summed E-state index contributed by atoms with van der Waals surface area (Å²) in [6.45, 7) is 0. The van der Waals surface area contributed by atoms with E-state index in [4.69, 9.17) is 5.73 Å². The Bertz CT molecular complexity index is 1310. The van der Waals surface area contributed by atoms with E-state index < -0.39 is 15.7 Å². The second kappa shape index (κ2) is 6.65. The highest BCUT2D eigenvalue weighted by Gasteiger charge is 2.16. The van der Waals surface area contributed by atoms with E-state index >= 15 is 0 Å². The molecule has 0 saturated heterocycles. The molecule has 28 heavy (non-hydrogen) atoms. The molecular formula is C22H18N2O3S. The van der Waals surface area contributed by atoms with Gasteiger partial charge in [0.05, 0.1) is 16.0 Å². The Labute approximate surface area is 162 Å². The van der Waals surface area contributed by atoms with Crippen molar-refractivity contribution < 1.29 is 13.2 Å². The summed E-state index contributed by atoms with van der Waals surface area (Å²) in [4.78, 5) is 15.4. The zero-order valence-electron chi connectivity index (χ0n) is 15.1. The van der Waals surface area contributed by atoms with Crippen molar-refractivity contribution in [1.82, 2.24) is 4.98 Å². The molecule has 0 aliphatic carbocycles. The van der Waals surface area contributed by atoms with Gasteiger partial charge >= 0.3 is 0 Å². The van der Waals surface area contributed by atoms with Crippen LogP contribution in [0.4, 0.5) is 0 Å². The summed E-state index contributed by atoms with van der Waals surface area (Å²) in [6.07, 6.45) is 2.95. The fourth-order valence-corrected chi connectivity index (χ4v) is 4.02. The van der Waals surface area contributed by atoms with Crippen LogP contribution in [0.2, 0.25) is 0 Å². The number of benzene rings is 3. The van der Waals surface area contributed by atoms with Gasteiger partial charge in [-0.3, -0.25) is 4.79 Å². The number of hydrogen-bond donors (Lipinski definition) is 2. The van der Waals surface area contributed by atoms with Crippen LogP contribution in [0.15, 0.2) is 77.8 Å². The van der Waals surface area contributed by atoms with Crippen LogP contribution < -0.4 is 5.73 Å². The summed E-state index contributed by atoms with van der Waals surface area (Å²) in [6, 6.07) is 20.2. The second-order valence-electron chi connectivity index (χ2n) is 6.68. The molecule has 3 aromatic carbocycles. The number of sulfone groups is 1. The molecule has 0 aliphatic heterocycles. The largest absolute Gasteiger partial charge is 0.366 e. The first-order valence-corrected chi connectivity index (χ1v) is 10.5. The van der Waals surface area contributed by atoms with E-state index in [0.717, 1.165) is 27.6 Å². The van der Waals surface area contributed by atoms with Crippen molar-refractivity contribution in [3.63, 3.8) is 0 Å². The molecule has 0 spiro atoms. The molecule has 6 heteroatoms. The predicted octanol–water partition coefficient (Wildman–Crippen LogP) is 4.00. The van der Waals surface area contributed by atoms with Gasteiger partial charge in [-0.15, -0.1) is 0 Å². The molecule has 4 aromatic rings. The SMILES string of the molecule is CS(=O)(=O)c1cccc(-c2c[nH]c3c(C(N)=O)cc(-c4ccccc4)cc23)c1. The van der Waals surface area contributed by atoms with Crippen molar-refractivity contribution in [2.24, 2.45) is 5.73 Å². The number of H-pyrrole nitrogens is 1. The summed E-state index contributed by atoms with van der Waals surface area (Å²) in [5.74, 6) is -0.527. The zero-order valence-corrected chi connectivity index (χ0v) is 16.0. The van der Waals surface area contributed by atoms with Crippen molar-refractivity contribution in [3.8, 4) is 22.3 Å². The lowest BCUT2D eigenvalue weighted by Crippen LogP contribution is -2.11. The molecule has 0 atom stereocenters. The van der Waals surface area contributed by atoms with Crippen molar-refractivity contribution in [2.45, 2.75) is 4.90 Å². The van der Waals surface area contributed by atoms with Gasteiger partial charge in [0.2, 0.25) is 0 Å². The predicted molar refractivity (Wildman–Crippen MR) is 111 cm³/mol. The first-order chi connectivity index (χ1) is 13.3. The minimum atomic E-state index is -3.33. The van der Waals surface area contributed by atoms with Gasteiger partial charge in [-0.1, -0.05) is 42.5 Å². The third-order valence-corrected chi connectivity index (χ3v) is 5.85. The standard InChI is InChI=1S/C22H18N2O3S/c1-28(26,27)17-9-5-8-15(10-17)20-13-24-21-18(20)11-16(12-19(21)22(23)25)14-6-3-2-4-7-14/h2-13,24H,1H3,(H2,23,25). The molecule has 1 aromatic heterocycles. The molecule has 0 fully saturated rings. The average molecular weight is 390 g/mol. The number of rotatable bonds is 4. The van der Waals surface area contributed by atoms with E-state index in [0.29, 0.717) is 11.1 Å². The average Bonchev–Trinajstić information content (AvgIpc) is 3.11. The number of nitrogens with two attached hydrogens (primary N) is 1. The van der Waals surface area contributed by atoms with Gasteiger partial charge in [0.15, 0.2) is 9.84 Å². The van der Waals surface area contributed by atoms with E-state index in [9.17, 15) is 13.2 Å². The number of carbonyl (C=O) groups is 1. The lowest BCUT2D eigenvalue weighted by molar-refractivity contribution is 0.100. The van der Waals surface area contributed by atoms with Crippen LogP contribution in [0.25, 0.3) is 33.2 Å². The monoisotopic (exact) mass is 390 g/mol. The maximum Gasteiger partial charge on any atom is 0.250 e. The minimum absolute atomic E-state index is 0.244. The minimum Gasteiger partial charge on any atom is -0.366 e. The van der Waals surface area contributed by atoms with E-state index in [1.807, 2.05) is 42.5 Å². The molecule has 0 bridgehead atoms. The van der Waals surface area contributed by atoms with E-state index in [-0.39, 0.29) is 4.90 Å². The summed E-state index contributed by atoms with van der Waals surface area (Å²) in [7, 11) is -3.33. The number of primary amides is 1. The lowest BCUT2D eigenvalue weighted by Gasteiger charge is -2.08. The lowest BCUT2D eigenvalue weighted by atomic mass is 9.97. The third kappa shape index (κ3) is 3.18. The number of aromatic amines is 1. The van der Waals surface area contributed by atoms with Crippen LogP contribution in [-0.4, -0.2) is 25.6 Å². The Hall–Kier alpha value is -3.38. The maximum atomic E-state index is 12.1. The van der Waals surface area contributed by atoms with Crippen LogP contribution in [0, 0.1) is 0 Å². The molecule has 3 N–H and O–H groups in total. The first kappa shape index (κ1) is 18.0. The van der Waals surface area contributed by atoms with Gasteiger partial charge < -0.3 is 10.7 Å². The van der Waals surface area contributed by atoms with Gasteiger partial charge in [-0.05, 0) is 41.0 Å². The molecule has 5 nitrogen and oxygen atoms in total. The zero-order chi connectivity index (χ0) is 19.9. The Balaban J connectivity index is 1.99. The van der Waals surface area contributed by atoms with Crippen molar-refractivity contribution in [2.75, 3.05) is 6.26 Å². The highest BCUT2D eigenvalue weighted by molar-refractivity contribution is 7.90. The molecule has 1 amide bonds. The molecular weight excluding hydrogens is 372 g/mol. The Morgan fingerprint density at radius 3 is 2.29 bits per heavy atom. The van der Waals surface area contributed by atoms with E-state index in [1.165, 1.54) is 6.26 Å². The fraction of sp³-hybridized carbons (Fsp3) is 0.0455. The van der Waals surface area contributed by atoms with Gasteiger partial charge in [0, 0.05) is 23.4 Å². The number of fused-ring (bicyclic) bond motifs is 1. The smallest absolute Gasteiger partial charge is 0.250 e. The van der Waals surface area contributed by atoms with E-state index in [1.54, 1.807) is 30.5 Å². The molecule has 0 saturated carbocycles. The van der Waals surface area contributed by atoms with Gasteiger partial charge in [-0.2, -0.15) is 0 Å². The van der Waals surface area contributed by atoms with Crippen LogP contribution in [-0.2, 0) is 9.84 Å². The van der Waals surface area contributed by atoms with Crippen molar-refractivity contribution in [3.05, 3.63) is 78.5 Å². The topological polar surface area (TPSA) is 93.0 Å². The normalized spacial score (nSPS) is 11.6. The van der Waals surface area contributed by atoms with Gasteiger partial charge in [0.1, 0.15) is 0 Å². The Morgan fingerprint density at radius 2 is 1.61 bits per heavy atom. The quantitative estimate of drug-likeness (QED) is 0.551. The molecule has 4 rings (SSSR count). The van der Waals surface area contributed by atoms with Crippen LogP contribution in [0.3, 0.4) is 0 Å². The third-order valence-electron chi connectivity index (χ3n) is 4.74. The Morgan fingerprint density at radius 1 is 0.893 bits per heavy atom.